The molecule has 0 aliphatic carbocycles. The molecule has 7 nitrogen and oxygen atoms in total. The van der Waals surface area contributed by atoms with Crippen LogP contribution >= 0.6 is 0 Å². The van der Waals surface area contributed by atoms with Crippen molar-refractivity contribution in [2.45, 2.75) is 13.5 Å². The highest BCUT2D eigenvalue weighted by Crippen LogP contribution is 2.19. The Kier molecular flexibility index (Phi) is 1.84. The van der Waals surface area contributed by atoms with Crippen molar-refractivity contribution < 1.29 is 0 Å². The molecule has 4 heterocycles. The zero-order valence-corrected chi connectivity index (χ0v) is 10.2. The fraction of sp³-hybridized carbons (Fsp3) is 0.167. The topological polar surface area (TPSA) is 80.9 Å². The van der Waals surface area contributed by atoms with E-state index in [9.17, 15) is 4.79 Å². The lowest BCUT2D eigenvalue weighted by atomic mass is 10.2. The van der Waals surface area contributed by atoms with Gasteiger partial charge >= 0.3 is 0 Å². The minimum Gasteiger partial charge on any atom is -0.297 e. The standard InChI is InChI=1S/C12H10N6O/c1-2-17-11-7(6-15-17)10-8(5-13-11)12(19)18-9(16-10)3-4-14-18/h3-6,14H,2H2,1H3. The summed E-state index contributed by atoms with van der Waals surface area (Å²) in [4.78, 5) is 21.1. The maximum Gasteiger partial charge on any atom is 0.282 e. The Morgan fingerprint density at radius 2 is 2.21 bits per heavy atom. The number of hydrogen-bond donors (Lipinski definition) is 1. The first-order valence-electron chi connectivity index (χ1n) is 6.00. The van der Waals surface area contributed by atoms with Crippen LogP contribution in [0.2, 0.25) is 0 Å². The van der Waals surface area contributed by atoms with E-state index in [4.69, 9.17) is 0 Å². The molecule has 0 aliphatic rings. The fourth-order valence-electron chi connectivity index (χ4n) is 2.33. The summed E-state index contributed by atoms with van der Waals surface area (Å²) in [5.41, 5.74) is 1.84. The van der Waals surface area contributed by atoms with Gasteiger partial charge in [0, 0.05) is 25.0 Å². The number of aryl methyl sites for hydroxylation is 1. The molecular weight excluding hydrogens is 244 g/mol. The molecule has 7 heteroatoms. The van der Waals surface area contributed by atoms with Gasteiger partial charge in [-0.05, 0) is 6.92 Å². The maximum atomic E-state index is 12.3. The molecule has 4 aromatic heterocycles. The molecule has 0 aliphatic heterocycles. The first-order chi connectivity index (χ1) is 9.29. The first kappa shape index (κ1) is 10.2. The molecule has 0 amide bonds. The van der Waals surface area contributed by atoms with Crippen LogP contribution in [0, 0.1) is 0 Å². The van der Waals surface area contributed by atoms with Crippen LogP contribution < -0.4 is 5.56 Å². The molecule has 0 atom stereocenters. The van der Waals surface area contributed by atoms with E-state index in [1.165, 1.54) is 4.52 Å². The molecule has 94 valence electrons. The molecule has 4 rings (SSSR count). The summed E-state index contributed by atoms with van der Waals surface area (Å²) < 4.78 is 3.19. The highest BCUT2D eigenvalue weighted by Gasteiger charge is 2.12. The normalized spacial score (nSPS) is 11.8. The smallest absolute Gasteiger partial charge is 0.282 e. The van der Waals surface area contributed by atoms with E-state index in [0.717, 1.165) is 17.6 Å². The highest BCUT2D eigenvalue weighted by atomic mass is 16.1. The predicted octanol–water partition coefficient (Wildman–Crippen LogP) is 0.940. The highest BCUT2D eigenvalue weighted by molar-refractivity contribution is 6.01. The molecule has 0 saturated heterocycles. The number of H-pyrrole nitrogens is 1. The molecule has 4 aromatic rings. The van der Waals surface area contributed by atoms with Crippen molar-refractivity contribution in [3.63, 3.8) is 0 Å². The monoisotopic (exact) mass is 254 g/mol. The largest absolute Gasteiger partial charge is 0.297 e. The number of pyridine rings is 1. The van der Waals surface area contributed by atoms with E-state index in [1.54, 1.807) is 29.3 Å². The average Bonchev–Trinajstić information content (AvgIpc) is 3.04. The van der Waals surface area contributed by atoms with Crippen LogP contribution in [0.1, 0.15) is 6.92 Å². The van der Waals surface area contributed by atoms with Crippen molar-refractivity contribution >= 4 is 27.6 Å². The number of rotatable bonds is 1. The summed E-state index contributed by atoms with van der Waals surface area (Å²) in [5, 5.41) is 8.39. The Balaban J connectivity index is 2.30. The summed E-state index contributed by atoms with van der Waals surface area (Å²) >= 11 is 0. The number of aromatic nitrogens is 6. The second kappa shape index (κ2) is 3.41. The lowest BCUT2D eigenvalue weighted by Gasteiger charge is -2.01. The van der Waals surface area contributed by atoms with Crippen molar-refractivity contribution in [1.29, 1.82) is 0 Å². The zero-order valence-electron chi connectivity index (χ0n) is 10.2. The molecule has 0 fully saturated rings. The lowest BCUT2D eigenvalue weighted by molar-refractivity contribution is 0.677. The second-order valence-corrected chi connectivity index (χ2v) is 4.29. The molecule has 0 spiro atoms. The minimum atomic E-state index is -0.149. The van der Waals surface area contributed by atoms with Crippen molar-refractivity contribution in [2.75, 3.05) is 0 Å². The number of aromatic amines is 1. The van der Waals surface area contributed by atoms with Crippen LogP contribution in [0.3, 0.4) is 0 Å². The van der Waals surface area contributed by atoms with Gasteiger partial charge in [-0.2, -0.15) is 5.10 Å². The van der Waals surface area contributed by atoms with E-state index in [1.807, 2.05) is 6.92 Å². The van der Waals surface area contributed by atoms with Crippen molar-refractivity contribution in [2.24, 2.45) is 0 Å². The number of nitrogens with one attached hydrogen (secondary N) is 1. The van der Waals surface area contributed by atoms with E-state index in [-0.39, 0.29) is 5.56 Å². The molecule has 0 aromatic carbocycles. The van der Waals surface area contributed by atoms with Gasteiger partial charge in [0.25, 0.3) is 5.56 Å². The summed E-state index contributed by atoms with van der Waals surface area (Å²) in [5.74, 6) is 0. The Morgan fingerprint density at radius 3 is 3.05 bits per heavy atom. The van der Waals surface area contributed by atoms with Crippen LogP contribution in [0.5, 0.6) is 0 Å². The molecule has 0 saturated carbocycles. The first-order valence-corrected chi connectivity index (χ1v) is 6.00. The zero-order chi connectivity index (χ0) is 13.0. The molecule has 1 N–H and O–H groups in total. The number of fused-ring (bicyclic) bond motifs is 4. The third-order valence-electron chi connectivity index (χ3n) is 3.26. The Hall–Kier alpha value is -2.70. The number of nitrogens with zero attached hydrogens (tertiary/aromatic N) is 5. The Labute approximate surface area is 106 Å². The van der Waals surface area contributed by atoms with Gasteiger partial charge in [0.1, 0.15) is 0 Å². The van der Waals surface area contributed by atoms with Crippen molar-refractivity contribution in [3.05, 3.63) is 35.0 Å². The second-order valence-electron chi connectivity index (χ2n) is 4.29. The Bertz CT molecular complexity index is 976. The average molecular weight is 254 g/mol. The van der Waals surface area contributed by atoms with Gasteiger partial charge in [-0.25, -0.2) is 19.2 Å². The SMILES string of the molecule is CCn1ncc2c3nc4cc[nH]n4c(=O)c3cnc21. The van der Waals surface area contributed by atoms with E-state index >= 15 is 0 Å². The molecule has 19 heavy (non-hydrogen) atoms. The number of hydrogen-bond acceptors (Lipinski definition) is 4. The summed E-state index contributed by atoms with van der Waals surface area (Å²) in [6.07, 6.45) is 4.96. The third-order valence-corrected chi connectivity index (χ3v) is 3.26. The van der Waals surface area contributed by atoms with Gasteiger partial charge < -0.3 is 0 Å². The van der Waals surface area contributed by atoms with Gasteiger partial charge in [-0.3, -0.25) is 9.89 Å². The minimum absolute atomic E-state index is 0.149. The summed E-state index contributed by atoms with van der Waals surface area (Å²) in [7, 11) is 0. The summed E-state index contributed by atoms with van der Waals surface area (Å²) in [6.45, 7) is 2.73. The van der Waals surface area contributed by atoms with Gasteiger partial charge in [-0.1, -0.05) is 0 Å². The maximum absolute atomic E-state index is 12.3. The fourth-order valence-corrected chi connectivity index (χ4v) is 2.33. The summed E-state index contributed by atoms with van der Waals surface area (Å²) in [6, 6.07) is 1.76. The van der Waals surface area contributed by atoms with Crippen molar-refractivity contribution in [3.8, 4) is 0 Å². The van der Waals surface area contributed by atoms with Gasteiger partial charge in [0.2, 0.25) is 0 Å². The van der Waals surface area contributed by atoms with Crippen LogP contribution in [0.25, 0.3) is 27.6 Å². The van der Waals surface area contributed by atoms with E-state index < -0.39 is 0 Å². The van der Waals surface area contributed by atoms with Crippen LogP contribution in [0.4, 0.5) is 0 Å². The molecular formula is C12H10N6O. The molecule has 0 bridgehead atoms. The third kappa shape index (κ3) is 1.21. The van der Waals surface area contributed by atoms with Crippen LogP contribution in [-0.2, 0) is 6.54 Å². The quantitative estimate of drug-likeness (QED) is 0.548. The van der Waals surface area contributed by atoms with Crippen LogP contribution in [-0.4, -0.2) is 29.4 Å². The van der Waals surface area contributed by atoms with E-state index in [0.29, 0.717) is 16.6 Å². The molecule has 0 unspecified atom stereocenters. The van der Waals surface area contributed by atoms with Crippen molar-refractivity contribution in [1.82, 2.24) is 29.4 Å². The Morgan fingerprint density at radius 1 is 1.32 bits per heavy atom. The van der Waals surface area contributed by atoms with E-state index in [2.05, 4.69) is 20.2 Å². The lowest BCUT2D eigenvalue weighted by Crippen LogP contribution is -2.15. The van der Waals surface area contributed by atoms with Crippen LogP contribution in [0.15, 0.2) is 29.5 Å². The molecule has 0 radical (unpaired) electrons. The predicted molar refractivity (Wildman–Crippen MR) is 70.1 cm³/mol. The van der Waals surface area contributed by atoms with Gasteiger partial charge in [0.15, 0.2) is 11.3 Å². The van der Waals surface area contributed by atoms with Gasteiger partial charge in [0.05, 0.1) is 22.5 Å². The van der Waals surface area contributed by atoms with Gasteiger partial charge in [-0.15, -0.1) is 0 Å².